The van der Waals surface area contributed by atoms with E-state index in [0.29, 0.717) is 0 Å². The molecular formula is C27H20CuN4. The van der Waals surface area contributed by atoms with Crippen molar-refractivity contribution in [3.05, 3.63) is 95.1 Å². The van der Waals surface area contributed by atoms with Crippen LogP contribution in [-0.2, 0) is 17.1 Å². The van der Waals surface area contributed by atoms with Gasteiger partial charge in [0.25, 0.3) is 0 Å². The first-order valence-corrected chi connectivity index (χ1v) is 10.3. The molecular weight excluding hydrogens is 444 g/mol. The van der Waals surface area contributed by atoms with Crippen LogP contribution in [0.4, 0.5) is 0 Å². The Hall–Kier alpha value is -3.66. The van der Waals surface area contributed by atoms with E-state index in [1.807, 2.05) is 24.3 Å². The van der Waals surface area contributed by atoms with Gasteiger partial charge >= 0.3 is 0 Å². The minimum atomic E-state index is 0. The molecule has 159 valence electrons. The molecule has 0 saturated heterocycles. The first kappa shape index (κ1) is 20.3. The SMILES string of the molecule is Cc1ccc(-c2cc3cc4nc(cc5ccc(cc6nc(cc2[nH]3)C=C6)[nH]5)C=C4)cc1.[Cu]. The van der Waals surface area contributed by atoms with Crippen LogP contribution in [0, 0.1) is 6.92 Å². The van der Waals surface area contributed by atoms with Gasteiger partial charge in [-0.2, -0.15) is 0 Å². The monoisotopic (exact) mass is 463 g/mol. The Balaban J connectivity index is 0.00000216. The average molecular weight is 464 g/mol. The second kappa shape index (κ2) is 8.12. The summed E-state index contributed by atoms with van der Waals surface area (Å²) in [4.78, 5) is 16.5. The molecule has 2 aliphatic heterocycles. The van der Waals surface area contributed by atoms with Crippen molar-refractivity contribution < 1.29 is 17.1 Å². The molecule has 5 heterocycles. The molecule has 0 fully saturated rings. The maximum absolute atomic E-state index is 4.78. The minimum absolute atomic E-state index is 0. The van der Waals surface area contributed by atoms with Gasteiger partial charge in [0.05, 0.1) is 22.8 Å². The summed E-state index contributed by atoms with van der Waals surface area (Å²) >= 11 is 0. The van der Waals surface area contributed by atoms with Crippen molar-refractivity contribution in [2.24, 2.45) is 0 Å². The predicted molar refractivity (Wildman–Crippen MR) is 129 cm³/mol. The summed E-state index contributed by atoms with van der Waals surface area (Å²) in [5.41, 5.74) is 11.4. The van der Waals surface area contributed by atoms with Gasteiger partial charge in [0.2, 0.25) is 0 Å². The van der Waals surface area contributed by atoms with Gasteiger partial charge in [-0.1, -0.05) is 29.8 Å². The van der Waals surface area contributed by atoms with E-state index < -0.39 is 0 Å². The Morgan fingerprint density at radius 2 is 1.09 bits per heavy atom. The number of aromatic amines is 2. The third-order valence-electron chi connectivity index (χ3n) is 5.53. The van der Waals surface area contributed by atoms with E-state index in [-0.39, 0.29) is 17.1 Å². The molecule has 8 bridgehead atoms. The number of aryl methyl sites for hydroxylation is 1. The number of nitrogens with zero attached hydrogens (tertiary/aromatic N) is 2. The van der Waals surface area contributed by atoms with Gasteiger partial charge < -0.3 is 9.97 Å². The fourth-order valence-corrected chi connectivity index (χ4v) is 3.99. The van der Waals surface area contributed by atoms with Crippen molar-refractivity contribution in [3.8, 4) is 11.1 Å². The number of fused-ring (bicyclic) bond motifs is 8. The van der Waals surface area contributed by atoms with Crippen LogP contribution in [0.3, 0.4) is 0 Å². The van der Waals surface area contributed by atoms with Crippen molar-refractivity contribution in [1.29, 1.82) is 0 Å². The van der Waals surface area contributed by atoms with E-state index in [1.165, 1.54) is 11.1 Å². The Kier molecular flexibility index (Phi) is 5.14. The van der Waals surface area contributed by atoms with Crippen molar-refractivity contribution in [3.63, 3.8) is 0 Å². The molecule has 4 aromatic rings. The second-order valence-corrected chi connectivity index (χ2v) is 7.95. The molecule has 1 aromatic carbocycles. The molecule has 2 N–H and O–H groups in total. The van der Waals surface area contributed by atoms with Crippen LogP contribution in [0.15, 0.2) is 66.7 Å². The zero-order chi connectivity index (χ0) is 20.8. The van der Waals surface area contributed by atoms with Gasteiger partial charge in [-0.05, 0) is 79.3 Å². The summed E-state index contributed by atoms with van der Waals surface area (Å²) < 4.78 is 0. The number of hydrogen-bond acceptors (Lipinski definition) is 2. The molecule has 0 atom stereocenters. The Morgan fingerprint density at radius 3 is 1.69 bits per heavy atom. The minimum Gasteiger partial charge on any atom is -0.355 e. The summed E-state index contributed by atoms with van der Waals surface area (Å²) in [6.45, 7) is 2.11. The largest absolute Gasteiger partial charge is 0.355 e. The number of hydrogen-bond donors (Lipinski definition) is 2. The normalized spacial score (nSPS) is 12.0. The number of rotatable bonds is 1. The first-order valence-electron chi connectivity index (χ1n) is 10.3. The summed E-state index contributed by atoms with van der Waals surface area (Å²) in [7, 11) is 0. The average Bonchev–Trinajstić information content (AvgIpc) is 3.54. The van der Waals surface area contributed by atoms with E-state index in [2.05, 4.69) is 83.6 Å². The number of H-pyrrole nitrogens is 2. The van der Waals surface area contributed by atoms with Crippen LogP contribution in [0.5, 0.6) is 0 Å². The molecule has 4 nitrogen and oxygen atoms in total. The molecule has 32 heavy (non-hydrogen) atoms. The molecule has 2 aliphatic rings. The van der Waals surface area contributed by atoms with Crippen LogP contribution in [0.2, 0.25) is 0 Å². The topological polar surface area (TPSA) is 57.4 Å². The van der Waals surface area contributed by atoms with Crippen LogP contribution < -0.4 is 0 Å². The molecule has 0 spiro atoms. The van der Waals surface area contributed by atoms with E-state index in [1.54, 1.807) is 0 Å². The summed E-state index contributed by atoms with van der Waals surface area (Å²) in [5.74, 6) is 0. The molecule has 0 amide bonds. The zero-order valence-corrected chi connectivity index (χ0v) is 18.3. The fourth-order valence-electron chi connectivity index (χ4n) is 3.99. The smallest absolute Gasteiger partial charge is 0.0658 e. The van der Waals surface area contributed by atoms with Crippen molar-refractivity contribution in [2.75, 3.05) is 0 Å². The first-order chi connectivity index (χ1) is 15.2. The van der Waals surface area contributed by atoms with Gasteiger partial charge in [0.15, 0.2) is 0 Å². The van der Waals surface area contributed by atoms with Crippen molar-refractivity contribution >= 4 is 46.4 Å². The van der Waals surface area contributed by atoms with Gasteiger partial charge in [0.1, 0.15) is 0 Å². The van der Waals surface area contributed by atoms with E-state index in [9.17, 15) is 0 Å². The standard InChI is InChI=1S/C27H20N4.Cu/c1-17-2-4-18(5-3-17)26-15-25-14-23-9-8-21(29-23)12-19-6-7-20(28-19)13-22-10-11-24(30-22)16-27(26)31-25;/h2-16,28,31H,1H3;. The number of nitrogens with one attached hydrogen (secondary N) is 2. The molecule has 6 rings (SSSR count). The number of benzene rings is 1. The van der Waals surface area contributed by atoms with Crippen LogP contribution in [-0.4, -0.2) is 19.9 Å². The maximum Gasteiger partial charge on any atom is 0.0658 e. The van der Waals surface area contributed by atoms with Gasteiger partial charge in [-0.3, -0.25) is 0 Å². The van der Waals surface area contributed by atoms with E-state index in [4.69, 9.17) is 9.97 Å². The molecule has 1 radical (unpaired) electrons. The molecule has 0 unspecified atom stereocenters. The van der Waals surface area contributed by atoms with Gasteiger partial charge in [-0.15, -0.1) is 0 Å². The van der Waals surface area contributed by atoms with Crippen molar-refractivity contribution in [1.82, 2.24) is 19.9 Å². The van der Waals surface area contributed by atoms with Crippen LogP contribution in [0.25, 0.3) is 57.5 Å². The number of aromatic nitrogens is 4. The second-order valence-electron chi connectivity index (χ2n) is 7.95. The van der Waals surface area contributed by atoms with Crippen LogP contribution in [0.1, 0.15) is 28.3 Å². The third-order valence-corrected chi connectivity index (χ3v) is 5.53. The Labute approximate surface area is 196 Å². The van der Waals surface area contributed by atoms with Gasteiger partial charge in [-0.25, -0.2) is 9.97 Å². The van der Waals surface area contributed by atoms with Gasteiger partial charge in [0, 0.05) is 44.7 Å². The fraction of sp³-hybridized carbons (Fsp3) is 0.0370. The molecule has 5 heteroatoms. The summed E-state index contributed by atoms with van der Waals surface area (Å²) in [6.07, 6.45) is 8.17. The molecule has 3 aromatic heterocycles. The Morgan fingerprint density at radius 1 is 0.562 bits per heavy atom. The van der Waals surface area contributed by atoms with E-state index in [0.717, 1.165) is 50.4 Å². The summed E-state index contributed by atoms with van der Waals surface area (Å²) in [5, 5.41) is 0. The molecule has 0 aliphatic carbocycles. The third kappa shape index (κ3) is 3.96. The van der Waals surface area contributed by atoms with Crippen LogP contribution >= 0.6 is 0 Å². The predicted octanol–water partition coefficient (Wildman–Crippen LogP) is 6.63. The summed E-state index contributed by atoms with van der Waals surface area (Å²) in [6, 6.07) is 23.2. The van der Waals surface area contributed by atoms with E-state index >= 15 is 0 Å². The maximum atomic E-state index is 4.78. The quantitative estimate of drug-likeness (QED) is 0.269. The Bertz CT molecular complexity index is 1540. The van der Waals surface area contributed by atoms with Crippen molar-refractivity contribution in [2.45, 2.75) is 6.92 Å². The molecule has 0 saturated carbocycles. The zero-order valence-electron chi connectivity index (χ0n) is 17.4.